The average molecular weight is 695 g/mol. The standard InChI is InChI=1S/C49H78N2/c1-9-14-19-23-24-28-33-47-46(31-18-13-5)48(43-34-38(6)40(8)39(7)35-43)51(50)49(47)44-36-41(29-25-20-15-10-2)45(32-27-22-17-12-4)42(37-44)30-26-21-16-11-3/h34-37H,9-33H2,1-8H3. The van der Waals surface area contributed by atoms with Crippen molar-refractivity contribution >= 4 is 11.4 Å². The quantitative estimate of drug-likeness (QED) is 0.0657. The van der Waals surface area contributed by atoms with Crippen molar-refractivity contribution in [1.29, 1.82) is 0 Å². The topological polar surface area (TPSA) is 25.3 Å². The van der Waals surface area contributed by atoms with Crippen molar-refractivity contribution in [3.05, 3.63) is 85.5 Å². The molecule has 0 saturated heterocycles. The van der Waals surface area contributed by atoms with Crippen molar-refractivity contribution in [2.45, 2.75) is 216 Å². The molecular weight excluding hydrogens is 617 g/mol. The van der Waals surface area contributed by atoms with Crippen LogP contribution in [-0.2, 0) is 19.3 Å². The fourth-order valence-electron chi connectivity index (χ4n) is 8.31. The van der Waals surface area contributed by atoms with E-state index in [1.807, 2.05) is 0 Å². The molecule has 0 fully saturated rings. The van der Waals surface area contributed by atoms with E-state index in [2.05, 4.69) is 79.7 Å². The molecule has 0 N–H and O–H groups in total. The molecule has 0 aliphatic carbocycles. The van der Waals surface area contributed by atoms with Crippen LogP contribution in [0.5, 0.6) is 0 Å². The first-order chi connectivity index (χ1) is 24.8. The second kappa shape index (κ2) is 24.0. The number of allylic oxidation sites excluding steroid dienone is 2. The van der Waals surface area contributed by atoms with E-state index in [4.69, 9.17) is 0 Å². The van der Waals surface area contributed by atoms with Crippen LogP contribution in [0.15, 0.2) is 35.4 Å². The molecule has 2 aromatic rings. The molecule has 2 heteroatoms. The highest BCUT2D eigenvalue weighted by Crippen LogP contribution is 2.46. The van der Waals surface area contributed by atoms with Gasteiger partial charge in [0.1, 0.15) is 0 Å². The Balaban J connectivity index is 2.23. The summed E-state index contributed by atoms with van der Waals surface area (Å²) in [6, 6.07) is 9.75. The minimum Gasteiger partial charge on any atom is -0.493 e. The van der Waals surface area contributed by atoms with Crippen LogP contribution in [0.2, 0.25) is 0 Å². The van der Waals surface area contributed by atoms with E-state index in [0.717, 1.165) is 49.9 Å². The Morgan fingerprint density at radius 1 is 0.412 bits per heavy atom. The van der Waals surface area contributed by atoms with E-state index < -0.39 is 0 Å². The second-order valence-electron chi connectivity index (χ2n) is 16.0. The van der Waals surface area contributed by atoms with Gasteiger partial charge in [0, 0.05) is 22.3 Å². The number of hydrogen-bond donors (Lipinski definition) is 0. The third kappa shape index (κ3) is 12.9. The lowest BCUT2D eigenvalue weighted by Gasteiger charge is -2.19. The Kier molecular flexibility index (Phi) is 20.2. The molecule has 0 amide bonds. The van der Waals surface area contributed by atoms with Crippen LogP contribution in [-0.4, -0.2) is 4.70 Å². The lowest BCUT2D eigenvalue weighted by atomic mass is 9.86. The lowest BCUT2D eigenvalue weighted by molar-refractivity contribution is -0.345. The first-order valence-corrected chi connectivity index (χ1v) is 22.0. The Morgan fingerprint density at radius 3 is 1.24 bits per heavy atom. The van der Waals surface area contributed by atoms with Crippen molar-refractivity contribution in [2.75, 3.05) is 0 Å². The molecule has 0 saturated carbocycles. The number of nitrogens with zero attached hydrogens (tertiary/aromatic N) is 2. The Hall–Kier alpha value is -2.48. The predicted molar refractivity (Wildman–Crippen MR) is 226 cm³/mol. The molecular formula is C49H78N2. The number of unbranched alkanes of at least 4 members (excludes halogenated alkanes) is 15. The summed E-state index contributed by atoms with van der Waals surface area (Å²) in [6.07, 6.45) is 31.1. The molecule has 0 spiro atoms. The summed E-state index contributed by atoms with van der Waals surface area (Å²) in [5, 5.41) is 0. The van der Waals surface area contributed by atoms with E-state index in [1.165, 1.54) is 161 Å². The first kappa shape index (κ1) is 42.9. The Labute approximate surface area is 316 Å². The zero-order valence-corrected chi connectivity index (χ0v) is 34.9. The van der Waals surface area contributed by atoms with Gasteiger partial charge in [-0.2, -0.15) is 0 Å². The van der Waals surface area contributed by atoms with Crippen LogP contribution in [0.1, 0.15) is 220 Å². The monoisotopic (exact) mass is 695 g/mol. The van der Waals surface area contributed by atoms with E-state index in [-0.39, 0.29) is 0 Å². The van der Waals surface area contributed by atoms with Crippen LogP contribution in [0.3, 0.4) is 0 Å². The molecule has 0 bridgehead atoms. The molecule has 2 aromatic carbocycles. The zero-order valence-electron chi connectivity index (χ0n) is 34.9. The van der Waals surface area contributed by atoms with Crippen LogP contribution < -0.4 is 0 Å². The Bertz CT molecular complexity index is 1360. The van der Waals surface area contributed by atoms with Gasteiger partial charge in [-0.1, -0.05) is 131 Å². The normalized spacial score (nSPS) is 13.4. The summed E-state index contributed by atoms with van der Waals surface area (Å²) in [5.74, 6) is 0. The van der Waals surface area contributed by atoms with E-state index in [9.17, 15) is 5.53 Å². The van der Waals surface area contributed by atoms with Crippen LogP contribution in [0.25, 0.3) is 16.9 Å². The highest BCUT2D eigenvalue weighted by atomic mass is 15.2. The number of rotatable bonds is 27. The minimum absolute atomic E-state index is 1.02. The van der Waals surface area contributed by atoms with E-state index in [1.54, 1.807) is 21.4 Å². The molecule has 2 nitrogen and oxygen atoms in total. The van der Waals surface area contributed by atoms with Crippen molar-refractivity contribution < 1.29 is 4.70 Å². The van der Waals surface area contributed by atoms with Crippen molar-refractivity contribution in [3.8, 4) is 0 Å². The maximum absolute atomic E-state index is 12.6. The molecule has 0 unspecified atom stereocenters. The van der Waals surface area contributed by atoms with Gasteiger partial charge in [0.25, 0.3) is 0 Å². The van der Waals surface area contributed by atoms with Crippen LogP contribution in [0, 0.1) is 20.8 Å². The van der Waals surface area contributed by atoms with Gasteiger partial charge in [-0.3, -0.25) is 0 Å². The molecule has 1 aliphatic rings. The largest absolute Gasteiger partial charge is 0.493 e. The molecule has 51 heavy (non-hydrogen) atoms. The molecule has 284 valence electrons. The van der Waals surface area contributed by atoms with Gasteiger partial charge >= 0.3 is 0 Å². The zero-order chi connectivity index (χ0) is 37.0. The molecule has 3 rings (SSSR count). The highest BCUT2D eigenvalue weighted by Gasteiger charge is 2.36. The fraction of sp³-hybridized carbons (Fsp3) is 0.673. The van der Waals surface area contributed by atoms with E-state index in [0.29, 0.717) is 0 Å². The summed E-state index contributed by atoms with van der Waals surface area (Å²) in [7, 11) is 0. The second-order valence-corrected chi connectivity index (χ2v) is 16.0. The molecule has 1 heterocycles. The van der Waals surface area contributed by atoms with Gasteiger partial charge in [0.2, 0.25) is 11.4 Å². The molecule has 1 aliphatic heterocycles. The number of benzene rings is 2. The summed E-state index contributed by atoms with van der Waals surface area (Å²) < 4.78 is 1.67. The van der Waals surface area contributed by atoms with Crippen molar-refractivity contribution in [3.63, 3.8) is 0 Å². The maximum Gasteiger partial charge on any atom is 0.211 e. The van der Waals surface area contributed by atoms with Gasteiger partial charge < -0.3 is 5.53 Å². The fourth-order valence-corrected chi connectivity index (χ4v) is 8.31. The summed E-state index contributed by atoms with van der Waals surface area (Å²) in [4.78, 5) is 0. The van der Waals surface area contributed by atoms with Gasteiger partial charge in [-0.15, -0.1) is 0 Å². The molecule has 0 atom stereocenters. The smallest absolute Gasteiger partial charge is 0.211 e. The van der Waals surface area contributed by atoms with Crippen molar-refractivity contribution in [2.24, 2.45) is 0 Å². The lowest BCUT2D eigenvalue weighted by Crippen LogP contribution is -2.08. The van der Waals surface area contributed by atoms with Gasteiger partial charge in [-0.25, -0.2) is 4.70 Å². The summed E-state index contributed by atoms with van der Waals surface area (Å²) >= 11 is 0. The van der Waals surface area contributed by atoms with Gasteiger partial charge in [-0.05, 0) is 143 Å². The number of hydrogen-bond acceptors (Lipinski definition) is 0. The third-order valence-corrected chi connectivity index (χ3v) is 11.7. The van der Waals surface area contributed by atoms with Gasteiger partial charge in [0.15, 0.2) is 0 Å². The first-order valence-electron chi connectivity index (χ1n) is 22.0. The average Bonchev–Trinajstić information content (AvgIpc) is 3.40. The third-order valence-electron chi connectivity index (χ3n) is 11.7. The summed E-state index contributed by atoms with van der Waals surface area (Å²) in [5.41, 5.74) is 28.7. The predicted octanol–water partition coefficient (Wildman–Crippen LogP) is 16.1. The van der Waals surface area contributed by atoms with E-state index >= 15 is 0 Å². The highest BCUT2D eigenvalue weighted by molar-refractivity contribution is 5.83. The molecule has 0 radical (unpaired) electrons. The molecule has 0 aromatic heterocycles. The Morgan fingerprint density at radius 2 is 0.765 bits per heavy atom. The van der Waals surface area contributed by atoms with Crippen LogP contribution in [0.4, 0.5) is 0 Å². The van der Waals surface area contributed by atoms with Crippen molar-refractivity contribution in [1.82, 2.24) is 0 Å². The van der Waals surface area contributed by atoms with Gasteiger partial charge in [0.05, 0.1) is 0 Å². The maximum atomic E-state index is 12.6. The minimum atomic E-state index is 1.02. The number of aryl methyl sites for hydroxylation is 4. The SMILES string of the molecule is CCCCCCCCC1=C(c2cc(CCCCCC)c(CCCCCC)c(CCCCCC)c2)[N+](=[N-])C(c2cc(C)c(C)c(C)c2)=C1CCCC. The van der Waals surface area contributed by atoms with Crippen LogP contribution >= 0.6 is 0 Å². The summed E-state index contributed by atoms with van der Waals surface area (Å²) in [6.45, 7) is 18.3.